The first-order chi connectivity index (χ1) is 8.93. The van der Waals surface area contributed by atoms with Gasteiger partial charge in [0, 0.05) is 11.6 Å². The maximum Gasteiger partial charge on any atom is 0.116 e. The maximum absolute atomic E-state index is 4.42. The highest BCUT2D eigenvalue weighted by Crippen LogP contribution is 2.18. The number of imidazole rings is 1. The summed E-state index contributed by atoms with van der Waals surface area (Å²) in [6, 6.07) is 18.6. The Morgan fingerprint density at radius 2 is 1.50 bits per heavy atom. The van der Waals surface area contributed by atoms with Gasteiger partial charge in [0.2, 0.25) is 0 Å². The van der Waals surface area contributed by atoms with Gasteiger partial charge in [0.1, 0.15) is 6.33 Å². The molecule has 0 saturated carbocycles. The minimum absolute atomic E-state index is 1.01. The third-order valence-corrected chi connectivity index (χ3v) is 3.25. The molecular weight excluding hydrogens is 222 g/mol. The highest BCUT2D eigenvalue weighted by atomic mass is 15.5. The average Bonchev–Trinajstić information content (AvgIpc) is 3.01. The second-order valence-electron chi connectivity index (χ2n) is 4.30. The standard InChI is InChI=1S/C15H11N3/c1-3-7-14-12(5-1)9-10-17(14)18-11-16-13-6-2-4-8-15(13)18/h1-11H. The summed E-state index contributed by atoms with van der Waals surface area (Å²) in [6.45, 7) is 0. The van der Waals surface area contributed by atoms with Crippen LogP contribution in [-0.4, -0.2) is 14.3 Å². The first-order valence-corrected chi connectivity index (χ1v) is 5.92. The van der Waals surface area contributed by atoms with Crippen molar-refractivity contribution in [1.82, 2.24) is 14.3 Å². The lowest BCUT2D eigenvalue weighted by atomic mass is 10.3. The molecule has 0 radical (unpaired) electrons. The Bertz CT molecular complexity index is 767. The van der Waals surface area contributed by atoms with Crippen molar-refractivity contribution in [2.75, 3.05) is 0 Å². The molecular formula is C15H11N3. The van der Waals surface area contributed by atoms with E-state index in [2.05, 4.69) is 56.9 Å². The van der Waals surface area contributed by atoms with E-state index in [4.69, 9.17) is 0 Å². The van der Waals surface area contributed by atoms with E-state index in [1.165, 1.54) is 10.9 Å². The van der Waals surface area contributed by atoms with Gasteiger partial charge in [-0.15, -0.1) is 0 Å². The van der Waals surface area contributed by atoms with Gasteiger partial charge < -0.3 is 0 Å². The molecule has 4 rings (SSSR count). The van der Waals surface area contributed by atoms with E-state index in [1.807, 2.05) is 24.5 Å². The van der Waals surface area contributed by atoms with Crippen molar-refractivity contribution in [3.8, 4) is 0 Å². The van der Waals surface area contributed by atoms with Gasteiger partial charge in [-0.3, -0.25) is 4.68 Å². The first kappa shape index (κ1) is 9.48. The normalized spacial score (nSPS) is 11.3. The third kappa shape index (κ3) is 1.21. The lowest BCUT2D eigenvalue weighted by Crippen LogP contribution is -2.05. The van der Waals surface area contributed by atoms with Crippen molar-refractivity contribution >= 4 is 21.9 Å². The number of benzene rings is 2. The summed E-state index contributed by atoms with van der Waals surface area (Å²) >= 11 is 0. The third-order valence-electron chi connectivity index (χ3n) is 3.25. The van der Waals surface area contributed by atoms with Crippen LogP contribution in [-0.2, 0) is 0 Å². The second kappa shape index (κ2) is 3.47. The van der Waals surface area contributed by atoms with E-state index in [0.29, 0.717) is 0 Å². The highest BCUT2D eigenvalue weighted by Gasteiger charge is 2.05. The molecule has 0 saturated heterocycles. The van der Waals surface area contributed by atoms with Crippen LogP contribution in [0, 0.1) is 0 Å². The molecule has 2 aromatic heterocycles. The fourth-order valence-corrected chi connectivity index (χ4v) is 2.37. The summed E-state index contributed by atoms with van der Waals surface area (Å²) in [4.78, 5) is 4.42. The van der Waals surface area contributed by atoms with Crippen LogP contribution in [0.25, 0.3) is 21.9 Å². The second-order valence-corrected chi connectivity index (χ2v) is 4.30. The molecule has 3 nitrogen and oxygen atoms in total. The maximum atomic E-state index is 4.42. The SMILES string of the molecule is c1ccc2c(c1)ccn2-n1cnc2ccccc21. The fourth-order valence-electron chi connectivity index (χ4n) is 2.37. The molecule has 0 unspecified atom stereocenters. The van der Waals surface area contributed by atoms with Gasteiger partial charge in [0.15, 0.2) is 0 Å². The predicted octanol–water partition coefficient (Wildman–Crippen LogP) is 3.30. The Morgan fingerprint density at radius 1 is 0.722 bits per heavy atom. The zero-order valence-corrected chi connectivity index (χ0v) is 9.69. The average molecular weight is 233 g/mol. The van der Waals surface area contributed by atoms with Gasteiger partial charge in [-0.25, -0.2) is 9.66 Å². The smallest absolute Gasteiger partial charge is 0.116 e. The van der Waals surface area contributed by atoms with Crippen molar-refractivity contribution < 1.29 is 0 Å². The first-order valence-electron chi connectivity index (χ1n) is 5.92. The van der Waals surface area contributed by atoms with E-state index < -0.39 is 0 Å². The van der Waals surface area contributed by atoms with Gasteiger partial charge in [0.05, 0.1) is 16.6 Å². The summed E-state index contributed by atoms with van der Waals surface area (Å²) < 4.78 is 4.18. The van der Waals surface area contributed by atoms with Crippen molar-refractivity contribution in [2.24, 2.45) is 0 Å². The summed E-state index contributed by atoms with van der Waals surface area (Å²) in [7, 11) is 0. The van der Waals surface area contributed by atoms with E-state index >= 15 is 0 Å². The summed E-state index contributed by atoms with van der Waals surface area (Å²) in [5.41, 5.74) is 3.30. The zero-order valence-electron chi connectivity index (χ0n) is 9.69. The summed E-state index contributed by atoms with van der Waals surface area (Å²) in [5.74, 6) is 0. The topological polar surface area (TPSA) is 22.8 Å². The Kier molecular flexibility index (Phi) is 1.83. The molecule has 3 heteroatoms. The number of para-hydroxylation sites is 3. The minimum Gasteiger partial charge on any atom is -0.255 e. The van der Waals surface area contributed by atoms with E-state index in [9.17, 15) is 0 Å². The molecule has 0 fully saturated rings. The van der Waals surface area contributed by atoms with E-state index in [0.717, 1.165) is 11.0 Å². The van der Waals surface area contributed by atoms with Crippen LogP contribution in [0.15, 0.2) is 67.1 Å². The molecule has 18 heavy (non-hydrogen) atoms. The lowest BCUT2D eigenvalue weighted by molar-refractivity contribution is 0.710. The van der Waals surface area contributed by atoms with Gasteiger partial charge in [-0.05, 0) is 24.3 Å². The van der Waals surface area contributed by atoms with E-state index in [-0.39, 0.29) is 0 Å². The molecule has 2 aromatic carbocycles. The summed E-state index contributed by atoms with van der Waals surface area (Å²) in [5, 5.41) is 1.23. The number of aromatic nitrogens is 3. The Labute approximate surface area is 104 Å². The molecule has 0 N–H and O–H groups in total. The zero-order chi connectivity index (χ0) is 11.9. The molecule has 0 aliphatic rings. The number of nitrogens with zero attached hydrogens (tertiary/aromatic N) is 3. The van der Waals surface area contributed by atoms with Gasteiger partial charge in [-0.1, -0.05) is 30.3 Å². The Hall–Kier alpha value is -2.55. The molecule has 0 bridgehead atoms. The van der Waals surface area contributed by atoms with Crippen LogP contribution in [0.1, 0.15) is 0 Å². The van der Waals surface area contributed by atoms with Crippen molar-refractivity contribution in [3.05, 3.63) is 67.1 Å². The van der Waals surface area contributed by atoms with Crippen LogP contribution in [0.2, 0.25) is 0 Å². The Balaban J connectivity index is 2.08. The van der Waals surface area contributed by atoms with Crippen LogP contribution in [0.4, 0.5) is 0 Å². The molecule has 86 valence electrons. The van der Waals surface area contributed by atoms with Crippen molar-refractivity contribution in [1.29, 1.82) is 0 Å². The van der Waals surface area contributed by atoms with E-state index in [1.54, 1.807) is 0 Å². The van der Waals surface area contributed by atoms with Gasteiger partial charge in [0.25, 0.3) is 0 Å². The molecule has 0 amide bonds. The highest BCUT2D eigenvalue weighted by molar-refractivity contribution is 5.81. The number of fused-ring (bicyclic) bond motifs is 2. The van der Waals surface area contributed by atoms with Crippen molar-refractivity contribution in [3.63, 3.8) is 0 Å². The van der Waals surface area contributed by atoms with Crippen LogP contribution in [0.5, 0.6) is 0 Å². The molecule has 0 atom stereocenters. The Morgan fingerprint density at radius 3 is 2.44 bits per heavy atom. The van der Waals surface area contributed by atoms with Crippen LogP contribution >= 0.6 is 0 Å². The fraction of sp³-hybridized carbons (Fsp3) is 0. The van der Waals surface area contributed by atoms with Crippen LogP contribution in [0.3, 0.4) is 0 Å². The minimum atomic E-state index is 1.01. The molecule has 0 aliphatic carbocycles. The van der Waals surface area contributed by atoms with Gasteiger partial charge in [-0.2, -0.15) is 0 Å². The van der Waals surface area contributed by atoms with Crippen LogP contribution < -0.4 is 0 Å². The molecule has 0 spiro atoms. The van der Waals surface area contributed by atoms with Crippen molar-refractivity contribution in [2.45, 2.75) is 0 Å². The largest absolute Gasteiger partial charge is 0.255 e. The predicted molar refractivity (Wildman–Crippen MR) is 72.5 cm³/mol. The number of hydrogen-bond donors (Lipinski definition) is 0. The lowest BCUT2D eigenvalue weighted by Gasteiger charge is -2.07. The quantitative estimate of drug-likeness (QED) is 0.494. The summed E-state index contributed by atoms with van der Waals surface area (Å²) in [6.07, 6.45) is 3.93. The molecule has 4 aromatic rings. The monoisotopic (exact) mass is 233 g/mol. The molecule has 0 aliphatic heterocycles. The number of rotatable bonds is 1. The number of hydrogen-bond acceptors (Lipinski definition) is 1. The van der Waals surface area contributed by atoms with Gasteiger partial charge >= 0.3 is 0 Å². The molecule has 2 heterocycles.